The van der Waals surface area contributed by atoms with E-state index in [4.69, 9.17) is 4.74 Å². The molecule has 3 heterocycles. The summed E-state index contributed by atoms with van der Waals surface area (Å²) >= 11 is 0. The van der Waals surface area contributed by atoms with Crippen molar-refractivity contribution in [2.45, 2.75) is 45.6 Å². The lowest BCUT2D eigenvalue weighted by molar-refractivity contribution is -0.131. The molecule has 1 saturated heterocycles. The number of amides is 1. The number of H-pyrrole nitrogens is 1. The van der Waals surface area contributed by atoms with Gasteiger partial charge in [-0.1, -0.05) is 0 Å². The molecule has 0 radical (unpaired) electrons. The van der Waals surface area contributed by atoms with Crippen LogP contribution in [-0.4, -0.2) is 57.1 Å². The summed E-state index contributed by atoms with van der Waals surface area (Å²) in [5.41, 5.74) is 0.847. The Morgan fingerprint density at radius 2 is 2.22 bits per heavy atom. The predicted octanol–water partition coefficient (Wildman–Crippen LogP) is 1.18. The van der Waals surface area contributed by atoms with Gasteiger partial charge in [0, 0.05) is 56.3 Å². The molecule has 1 unspecified atom stereocenters. The molecule has 2 aromatic heterocycles. The molecule has 1 amide bonds. The Morgan fingerprint density at radius 1 is 1.41 bits per heavy atom. The molecule has 0 saturated carbocycles. The summed E-state index contributed by atoms with van der Waals surface area (Å²) in [6, 6.07) is 0. The SMILES string of the molecule is COCCn1ccnc1C1CCCN(C(=O)Cc2c(C)nc(C)[nH]c2=O)C1. The van der Waals surface area contributed by atoms with Crippen LogP contribution < -0.4 is 5.56 Å². The Labute approximate surface area is 158 Å². The Kier molecular flexibility index (Phi) is 6.05. The number of piperidine rings is 1. The molecule has 27 heavy (non-hydrogen) atoms. The number of rotatable bonds is 6. The van der Waals surface area contributed by atoms with E-state index in [0.29, 0.717) is 36.8 Å². The number of aromatic amines is 1. The molecule has 0 bridgehead atoms. The molecule has 146 valence electrons. The lowest BCUT2D eigenvalue weighted by Gasteiger charge is -2.33. The van der Waals surface area contributed by atoms with E-state index in [9.17, 15) is 9.59 Å². The molecule has 0 spiro atoms. The first kappa shape index (κ1) is 19.3. The molecule has 2 aromatic rings. The van der Waals surface area contributed by atoms with Gasteiger partial charge < -0.3 is 19.2 Å². The highest BCUT2D eigenvalue weighted by molar-refractivity contribution is 5.79. The smallest absolute Gasteiger partial charge is 0.254 e. The zero-order chi connectivity index (χ0) is 19.4. The van der Waals surface area contributed by atoms with E-state index in [0.717, 1.165) is 25.2 Å². The van der Waals surface area contributed by atoms with Crippen LogP contribution in [0.3, 0.4) is 0 Å². The summed E-state index contributed by atoms with van der Waals surface area (Å²) in [5, 5.41) is 0. The van der Waals surface area contributed by atoms with E-state index >= 15 is 0 Å². The van der Waals surface area contributed by atoms with Crippen LogP contribution in [0.15, 0.2) is 17.2 Å². The summed E-state index contributed by atoms with van der Waals surface area (Å²) in [7, 11) is 1.68. The van der Waals surface area contributed by atoms with Crippen molar-refractivity contribution in [3.05, 3.63) is 45.7 Å². The summed E-state index contributed by atoms with van der Waals surface area (Å²) in [5.74, 6) is 1.73. The second kappa shape index (κ2) is 8.47. The van der Waals surface area contributed by atoms with Crippen LogP contribution >= 0.6 is 0 Å². The number of hydrogen-bond donors (Lipinski definition) is 1. The zero-order valence-corrected chi connectivity index (χ0v) is 16.2. The van der Waals surface area contributed by atoms with Gasteiger partial charge in [0.2, 0.25) is 5.91 Å². The lowest BCUT2D eigenvalue weighted by Crippen LogP contribution is -2.41. The van der Waals surface area contributed by atoms with E-state index in [1.165, 1.54) is 0 Å². The highest BCUT2D eigenvalue weighted by Gasteiger charge is 2.28. The Bertz CT molecular complexity index is 857. The van der Waals surface area contributed by atoms with Crippen LogP contribution in [0.25, 0.3) is 0 Å². The zero-order valence-electron chi connectivity index (χ0n) is 16.2. The number of methoxy groups -OCH3 is 1. The number of carbonyl (C=O) groups is 1. The summed E-state index contributed by atoms with van der Waals surface area (Å²) < 4.78 is 7.26. The van der Waals surface area contributed by atoms with Crippen molar-refractivity contribution in [2.24, 2.45) is 0 Å². The van der Waals surface area contributed by atoms with Crippen molar-refractivity contribution in [3.8, 4) is 0 Å². The molecule has 1 aliphatic heterocycles. The van der Waals surface area contributed by atoms with Crippen molar-refractivity contribution < 1.29 is 9.53 Å². The summed E-state index contributed by atoms with van der Waals surface area (Å²) in [6.07, 6.45) is 5.76. The fourth-order valence-electron chi connectivity index (χ4n) is 3.70. The number of imidazole rings is 1. The van der Waals surface area contributed by atoms with E-state index in [2.05, 4.69) is 19.5 Å². The van der Waals surface area contributed by atoms with Crippen molar-refractivity contribution in [3.63, 3.8) is 0 Å². The number of aromatic nitrogens is 4. The van der Waals surface area contributed by atoms with Gasteiger partial charge in [0.15, 0.2) is 0 Å². The van der Waals surface area contributed by atoms with E-state index in [1.54, 1.807) is 27.2 Å². The maximum absolute atomic E-state index is 12.8. The van der Waals surface area contributed by atoms with Gasteiger partial charge in [0.1, 0.15) is 11.6 Å². The molecular formula is C19H27N5O3. The third-order valence-corrected chi connectivity index (χ3v) is 5.09. The van der Waals surface area contributed by atoms with Gasteiger partial charge in [-0.25, -0.2) is 9.97 Å². The first-order chi connectivity index (χ1) is 13.0. The van der Waals surface area contributed by atoms with Gasteiger partial charge in [0.25, 0.3) is 5.56 Å². The molecular weight excluding hydrogens is 346 g/mol. The van der Waals surface area contributed by atoms with Crippen LogP contribution in [0.4, 0.5) is 0 Å². The van der Waals surface area contributed by atoms with E-state index < -0.39 is 0 Å². The molecule has 0 aliphatic carbocycles. The fraction of sp³-hybridized carbons (Fsp3) is 0.579. The number of carbonyl (C=O) groups excluding carboxylic acids is 1. The van der Waals surface area contributed by atoms with Crippen molar-refractivity contribution in [2.75, 3.05) is 26.8 Å². The molecule has 3 rings (SSSR count). The third-order valence-electron chi connectivity index (χ3n) is 5.09. The standard InChI is InChI=1S/C19H27N5O3/c1-13-16(19(26)22-14(2)21-13)11-17(25)24-7-4-5-15(12-24)18-20-6-8-23(18)9-10-27-3/h6,8,15H,4-5,7,9-12H2,1-3H3,(H,21,22,26). The molecule has 8 heteroatoms. The predicted molar refractivity (Wildman–Crippen MR) is 101 cm³/mol. The van der Waals surface area contributed by atoms with Gasteiger partial charge in [-0.3, -0.25) is 9.59 Å². The monoisotopic (exact) mass is 373 g/mol. The van der Waals surface area contributed by atoms with Crippen molar-refractivity contribution in [1.82, 2.24) is 24.4 Å². The molecule has 1 N–H and O–H groups in total. The van der Waals surface area contributed by atoms with Gasteiger partial charge >= 0.3 is 0 Å². The highest BCUT2D eigenvalue weighted by atomic mass is 16.5. The number of nitrogens with zero attached hydrogens (tertiary/aromatic N) is 4. The maximum atomic E-state index is 12.8. The minimum absolute atomic E-state index is 0.0334. The molecule has 8 nitrogen and oxygen atoms in total. The normalized spacial score (nSPS) is 17.3. The maximum Gasteiger partial charge on any atom is 0.254 e. The topological polar surface area (TPSA) is 93.1 Å². The number of hydrogen-bond acceptors (Lipinski definition) is 5. The molecule has 1 fully saturated rings. The van der Waals surface area contributed by atoms with Gasteiger partial charge in [-0.05, 0) is 26.7 Å². The largest absolute Gasteiger partial charge is 0.383 e. The van der Waals surface area contributed by atoms with Gasteiger partial charge in [-0.15, -0.1) is 0 Å². The van der Waals surface area contributed by atoms with Crippen molar-refractivity contribution >= 4 is 5.91 Å². The second-order valence-electron chi connectivity index (χ2n) is 7.04. The van der Waals surface area contributed by atoms with Crippen LogP contribution in [-0.2, 0) is 22.5 Å². The minimum atomic E-state index is -0.225. The Morgan fingerprint density at radius 3 is 2.96 bits per heavy atom. The molecule has 1 aliphatic rings. The van der Waals surface area contributed by atoms with Crippen LogP contribution in [0, 0.1) is 13.8 Å². The Balaban J connectivity index is 1.70. The number of aryl methyl sites for hydroxylation is 2. The van der Waals surface area contributed by atoms with Crippen LogP contribution in [0.5, 0.6) is 0 Å². The van der Waals surface area contributed by atoms with Crippen molar-refractivity contribution in [1.29, 1.82) is 0 Å². The van der Waals surface area contributed by atoms with Gasteiger partial charge in [-0.2, -0.15) is 0 Å². The fourth-order valence-corrected chi connectivity index (χ4v) is 3.70. The highest BCUT2D eigenvalue weighted by Crippen LogP contribution is 2.26. The second-order valence-corrected chi connectivity index (χ2v) is 7.04. The minimum Gasteiger partial charge on any atom is -0.383 e. The Hall–Kier alpha value is -2.48. The summed E-state index contributed by atoms with van der Waals surface area (Å²) in [4.78, 5) is 38.3. The first-order valence-corrected chi connectivity index (χ1v) is 9.33. The lowest BCUT2D eigenvalue weighted by atomic mass is 9.96. The third kappa shape index (κ3) is 4.44. The molecule has 1 atom stereocenters. The molecule has 0 aromatic carbocycles. The van der Waals surface area contributed by atoms with Gasteiger partial charge in [0.05, 0.1) is 13.0 Å². The van der Waals surface area contributed by atoms with Crippen LogP contribution in [0.2, 0.25) is 0 Å². The van der Waals surface area contributed by atoms with Crippen LogP contribution in [0.1, 0.15) is 41.7 Å². The average Bonchev–Trinajstić information content (AvgIpc) is 3.11. The average molecular weight is 373 g/mol. The first-order valence-electron chi connectivity index (χ1n) is 9.33. The number of ether oxygens (including phenoxy) is 1. The number of likely N-dealkylation sites (tertiary alicyclic amines) is 1. The van der Waals surface area contributed by atoms with E-state index in [1.807, 2.05) is 11.1 Å². The van der Waals surface area contributed by atoms with E-state index in [-0.39, 0.29) is 23.8 Å². The number of nitrogens with one attached hydrogen (secondary N) is 1. The summed E-state index contributed by atoms with van der Waals surface area (Å²) in [6.45, 7) is 6.22. The quantitative estimate of drug-likeness (QED) is 0.821.